The van der Waals surface area contributed by atoms with Crippen molar-refractivity contribution in [1.29, 1.82) is 0 Å². The van der Waals surface area contributed by atoms with E-state index in [1.165, 1.54) is 56.5 Å². The molecule has 0 spiro atoms. The Kier molecular flexibility index (Phi) is 13.6. The number of unbranched alkanes of at least 4 members (excludes halogenated alkanes) is 1. The maximum Gasteiger partial charge on any atom is 0.157 e. The van der Waals surface area contributed by atoms with Crippen molar-refractivity contribution in [3.05, 3.63) is 0 Å². The van der Waals surface area contributed by atoms with Gasteiger partial charge in [-0.15, -0.1) is 0 Å². The second-order valence-corrected chi connectivity index (χ2v) is 9.07. The van der Waals surface area contributed by atoms with E-state index in [1.54, 1.807) is 0 Å². The smallest absolute Gasteiger partial charge is 0.157 e. The number of thioether (sulfide) groups is 2. The lowest BCUT2D eigenvalue weighted by Crippen LogP contribution is -2.23. The molecule has 0 aromatic rings. The van der Waals surface area contributed by atoms with Gasteiger partial charge in [0.1, 0.15) is 0 Å². The summed E-state index contributed by atoms with van der Waals surface area (Å²) in [6, 6.07) is 0. The summed E-state index contributed by atoms with van der Waals surface area (Å²) < 4.78 is 22.8. The van der Waals surface area contributed by atoms with Crippen LogP contribution in [0.1, 0.15) is 57.8 Å². The van der Waals surface area contributed by atoms with Gasteiger partial charge in [0, 0.05) is 24.7 Å². The topological polar surface area (TPSA) is 36.9 Å². The molecule has 0 saturated carbocycles. The SMILES string of the molecule is C1CCOC(OCCSCCCCSCCOC2CCCCO2)CC1. The summed E-state index contributed by atoms with van der Waals surface area (Å²) in [5, 5.41) is 0. The molecule has 4 nitrogen and oxygen atoms in total. The van der Waals surface area contributed by atoms with Gasteiger partial charge in [0.15, 0.2) is 12.6 Å². The maximum absolute atomic E-state index is 5.81. The van der Waals surface area contributed by atoms with E-state index in [1.807, 2.05) is 23.5 Å². The molecular weight excluding hydrogens is 356 g/mol. The Balaban J connectivity index is 1.26. The fourth-order valence-electron chi connectivity index (χ4n) is 2.95. The van der Waals surface area contributed by atoms with Crippen molar-refractivity contribution in [2.24, 2.45) is 0 Å². The maximum atomic E-state index is 5.81. The van der Waals surface area contributed by atoms with Crippen molar-refractivity contribution in [2.45, 2.75) is 70.4 Å². The van der Waals surface area contributed by atoms with Crippen LogP contribution in [0.5, 0.6) is 0 Å². The molecule has 0 amide bonds. The highest BCUT2D eigenvalue weighted by molar-refractivity contribution is 7.99. The lowest BCUT2D eigenvalue weighted by atomic mass is 10.2. The molecule has 2 fully saturated rings. The first-order valence-corrected chi connectivity index (χ1v) is 12.4. The molecule has 148 valence electrons. The van der Waals surface area contributed by atoms with Crippen LogP contribution in [0, 0.1) is 0 Å². The lowest BCUT2D eigenvalue weighted by molar-refractivity contribution is -0.158. The number of rotatable bonds is 13. The molecule has 0 aliphatic carbocycles. The molecule has 0 bridgehead atoms. The van der Waals surface area contributed by atoms with Gasteiger partial charge in [-0.2, -0.15) is 23.5 Å². The van der Waals surface area contributed by atoms with Crippen LogP contribution in [-0.4, -0.2) is 62.0 Å². The Morgan fingerprint density at radius 2 is 1.16 bits per heavy atom. The number of hydrogen-bond donors (Lipinski definition) is 0. The molecule has 0 aromatic heterocycles. The highest BCUT2D eigenvalue weighted by Gasteiger charge is 2.13. The lowest BCUT2D eigenvalue weighted by Gasteiger charge is -2.22. The first kappa shape index (κ1) is 21.8. The van der Waals surface area contributed by atoms with Crippen molar-refractivity contribution in [2.75, 3.05) is 49.4 Å². The van der Waals surface area contributed by atoms with Gasteiger partial charge >= 0.3 is 0 Å². The van der Waals surface area contributed by atoms with E-state index in [4.69, 9.17) is 18.9 Å². The average molecular weight is 393 g/mol. The van der Waals surface area contributed by atoms with Crippen LogP contribution in [0.15, 0.2) is 0 Å². The van der Waals surface area contributed by atoms with Crippen molar-refractivity contribution >= 4 is 23.5 Å². The van der Waals surface area contributed by atoms with Gasteiger partial charge in [-0.3, -0.25) is 0 Å². The predicted molar refractivity (Wildman–Crippen MR) is 108 cm³/mol. The van der Waals surface area contributed by atoms with Crippen molar-refractivity contribution < 1.29 is 18.9 Å². The van der Waals surface area contributed by atoms with Gasteiger partial charge in [-0.05, 0) is 62.9 Å². The normalized spacial score (nSPS) is 25.0. The Labute approximate surface area is 162 Å². The summed E-state index contributed by atoms with van der Waals surface area (Å²) in [5.41, 5.74) is 0. The van der Waals surface area contributed by atoms with Crippen LogP contribution < -0.4 is 0 Å². The summed E-state index contributed by atoms with van der Waals surface area (Å²) in [7, 11) is 0. The quantitative estimate of drug-likeness (QED) is 0.423. The van der Waals surface area contributed by atoms with Gasteiger partial charge in [0.2, 0.25) is 0 Å². The van der Waals surface area contributed by atoms with Gasteiger partial charge in [-0.1, -0.05) is 6.42 Å². The Hall–Kier alpha value is 0.540. The van der Waals surface area contributed by atoms with Crippen LogP contribution in [-0.2, 0) is 18.9 Å². The van der Waals surface area contributed by atoms with E-state index in [9.17, 15) is 0 Å². The Morgan fingerprint density at radius 3 is 1.76 bits per heavy atom. The zero-order valence-corrected chi connectivity index (χ0v) is 17.3. The molecular formula is C19H36O4S2. The molecule has 2 atom stereocenters. The molecule has 2 saturated heterocycles. The molecule has 2 unspecified atom stereocenters. The monoisotopic (exact) mass is 392 g/mol. The van der Waals surface area contributed by atoms with Crippen LogP contribution in [0.3, 0.4) is 0 Å². The van der Waals surface area contributed by atoms with Gasteiger partial charge in [-0.25, -0.2) is 0 Å². The van der Waals surface area contributed by atoms with Crippen molar-refractivity contribution in [3.63, 3.8) is 0 Å². The van der Waals surface area contributed by atoms with Gasteiger partial charge in [0.05, 0.1) is 13.2 Å². The summed E-state index contributed by atoms with van der Waals surface area (Å²) in [6.07, 6.45) is 11.0. The molecule has 2 aliphatic heterocycles. The predicted octanol–water partition coefficient (Wildman–Crippen LogP) is 4.71. The Morgan fingerprint density at radius 1 is 0.640 bits per heavy atom. The average Bonchev–Trinajstić information content (AvgIpc) is 2.92. The zero-order chi connectivity index (χ0) is 17.4. The van der Waals surface area contributed by atoms with E-state index in [-0.39, 0.29) is 12.6 Å². The first-order chi connectivity index (χ1) is 12.4. The molecule has 2 rings (SSSR count). The standard InChI is InChI=1S/C19H36O4S2/c1-2-8-18(20-10-4-1)22-12-16-24-14-6-7-15-25-17-13-23-19-9-3-5-11-21-19/h18-19H,1-17H2. The molecule has 0 N–H and O–H groups in total. The molecule has 0 aromatic carbocycles. The van der Waals surface area contributed by atoms with Crippen LogP contribution in [0.4, 0.5) is 0 Å². The minimum absolute atomic E-state index is 0.0562. The van der Waals surface area contributed by atoms with E-state index in [2.05, 4.69) is 0 Å². The summed E-state index contributed by atoms with van der Waals surface area (Å²) in [4.78, 5) is 0. The summed E-state index contributed by atoms with van der Waals surface area (Å²) in [6.45, 7) is 3.39. The molecule has 2 heterocycles. The third-order valence-electron chi connectivity index (χ3n) is 4.42. The molecule has 2 aliphatic rings. The zero-order valence-electron chi connectivity index (χ0n) is 15.6. The third kappa shape index (κ3) is 11.8. The highest BCUT2D eigenvalue weighted by atomic mass is 32.2. The molecule has 0 radical (unpaired) electrons. The highest BCUT2D eigenvalue weighted by Crippen LogP contribution is 2.16. The van der Waals surface area contributed by atoms with E-state index in [0.717, 1.165) is 50.8 Å². The fourth-order valence-corrected chi connectivity index (χ4v) is 4.60. The van der Waals surface area contributed by atoms with Crippen molar-refractivity contribution in [1.82, 2.24) is 0 Å². The minimum Gasteiger partial charge on any atom is -0.353 e. The van der Waals surface area contributed by atoms with E-state index < -0.39 is 0 Å². The molecule has 25 heavy (non-hydrogen) atoms. The van der Waals surface area contributed by atoms with E-state index in [0.29, 0.717) is 0 Å². The number of hydrogen-bond acceptors (Lipinski definition) is 6. The second-order valence-electron chi connectivity index (χ2n) is 6.62. The van der Waals surface area contributed by atoms with Crippen molar-refractivity contribution in [3.8, 4) is 0 Å². The second kappa shape index (κ2) is 15.6. The van der Waals surface area contributed by atoms with Gasteiger partial charge < -0.3 is 18.9 Å². The van der Waals surface area contributed by atoms with E-state index >= 15 is 0 Å². The number of ether oxygens (including phenoxy) is 4. The largest absolute Gasteiger partial charge is 0.353 e. The fraction of sp³-hybridized carbons (Fsp3) is 1.00. The molecule has 6 heteroatoms. The third-order valence-corrected chi connectivity index (χ3v) is 6.48. The van der Waals surface area contributed by atoms with Crippen LogP contribution >= 0.6 is 23.5 Å². The summed E-state index contributed by atoms with van der Waals surface area (Å²) >= 11 is 4.00. The first-order valence-electron chi connectivity index (χ1n) is 10.1. The summed E-state index contributed by atoms with van der Waals surface area (Å²) in [5.74, 6) is 4.65. The van der Waals surface area contributed by atoms with Crippen LogP contribution in [0.25, 0.3) is 0 Å². The van der Waals surface area contributed by atoms with Gasteiger partial charge in [0.25, 0.3) is 0 Å². The Bertz CT molecular complexity index is 293. The van der Waals surface area contributed by atoms with Crippen LogP contribution in [0.2, 0.25) is 0 Å². The minimum atomic E-state index is 0.0562.